The average Bonchev–Trinajstić information content (AvgIpc) is 3.20. The summed E-state index contributed by atoms with van der Waals surface area (Å²) in [6.45, 7) is 6.06. The summed E-state index contributed by atoms with van der Waals surface area (Å²) < 4.78 is 5.10. The number of hydrogen-bond donors (Lipinski definition) is 1. The molecular weight excluding hydrogens is 438 g/mol. The Labute approximate surface area is 197 Å². The van der Waals surface area contributed by atoms with Crippen molar-refractivity contribution in [3.05, 3.63) is 81.9 Å². The van der Waals surface area contributed by atoms with E-state index in [2.05, 4.69) is 10.3 Å². The van der Waals surface area contributed by atoms with E-state index in [9.17, 15) is 14.4 Å². The number of rotatable bonds is 9. The molecule has 172 valence electrons. The number of carbonyl (C=O) groups excluding carboxylic acids is 3. The molecule has 1 heterocycles. The van der Waals surface area contributed by atoms with Crippen LogP contribution in [0.2, 0.25) is 0 Å². The van der Waals surface area contributed by atoms with Gasteiger partial charge in [0.1, 0.15) is 0 Å². The second kappa shape index (κ2) is 11.4. The summed E-state index contributed by atoms with van der Waals surface area (Å²) in [7, 11) is 0. The standard InChI is InChI=1S/C25H27N3O4S/c1-4-32-24(31)22-17(2)33-25(27-22)28(15-14-19-8-6-5-7-9-19)23(30)21-12-10-20(11-13-21)16-26-18(3)29/h5-13H,4,14-16H2,1-3H3,(H,26,29). The molecule has 3 aromatic rings. The van der Waals surface area contributed by atoms with Crippen LogP contribution in [-0.4, -0.2) is 35.9 Å². The van der Waals surface area contributed by atoms with Crippen LogP contribution in [-0.2, 0) is 22.5 Å². The number of esters is 1. The lowest BCUT2D eigenvalue weighted by molar-refractivity contribution is -0.119. The smallest absolute Gasteiger partial charge is 0.358 e. The molecule has 8 heteroatoms. The minimum Gasteiger partial charge on any atom is -0.461 e. The van der Waals surface area contributed by atoms with Gasteiger partial charge in [-0.2, -0.15) is 0 Å². The number of thiazole rings is 1. The van der Waals surface area contributed by atoms with Crippen LogP contribution in [0.3, 0.4) is 0 Å². The zero-order chi connectivity index (χ0) is 23.8. The van der Waals surface area contributed by atoms with Crippen LogP contribution in [0.15, 0.2) is 54.6 Å². The maximum Gasteiger partial charge on any atom is 0.358 e. The number of ether oxygens (including phenoxy) is 1. The van der Waals surface area contributed by atoms with E-state index in [1.807, 2.05) is 42.5 Å². The Morgan fingerprint density at radius 2 is 1.73 bits per heavy atom. The Balaban J connectivity index is 1.86. The molecule has 2 aromatic carbocycles. The van der Waals surface area contributed by atoms with E-state index >= 15 is 0 Å². The number of amides is 2. The van der Waals surface area contributed by atoms with Crippen molar-refractivity contribution in [2.45, 2.75) is 33.7 Å². The van der Waals surface area contributed by atoms with Crippen LogP contribution in [0, 0.1) is 6.92 Å². The van der Waals surface area contributed by atoms with E-state index in [0.29, 0.717) is 35.1 Å². The fourth-order valence-electron chi connectivity index (χ4n) is 3.20. The van der Waals surface area contributed by atoms with Crippen molar-refractivity contribution >= 4 is 34.3 Å². The van der Waals surface area contributed by atoms with Crippen LogP contribution in [0.25, 0.3) is 0 Å². The van der Waals surface area contributed by atoms with Gasteiger partial charge in [0.05, 0.1) is 6.61 Å². The normalized spacial score (nSPS) is 10.5. The molecule has 0 unspecified atom stereocenters. The van der Waals surface area contributed by atoms with Crippen LogP contribution in [0.1, 0.15) is 50.7 Å². The Morgan fingerprint density at radius 1 is 1.03 bits per heavy atom. The first-order valence-electron chi connectivity index (χ1n) is 10.7. The molecular formula is C25H27N3O4S. The molecule has 0 spiro atoms. The van der Waals surface area contributed by atoms with Gasteiger partial charge in [-0.25, -0.2) is 9.78 Å². The summed E-state index contributed by atoms with van der Waals surface area (Å²) >= 11 is 1.29. The third-order valence-electron chi connectivity index (χ3n) is 4.94. The molecule has 33 heavy (non-hydrogen) atoms. The van der Waals surface area contributed by atoms with Crippen LogP contribution < -0.4 is 10.2 Å². The second-order valence-corrected chi connectivity index (χ2v) is 8.60. The zero-order valence-electron chi connectivity index (χ0n) is 19.0. The van der Waals surface area contributed by atoms with E-state index in [1.54, 1.807) is 30.9 Å². The topological polar surface area (TPSA) is 88.6 Å². The van der Waals surface area contributed by atoms with Gasteiger partial charge in [0.25, 0.3) is 5.91 Å². The average molecular weight is 466 g/mol. The van der Waals surface area contributed by atoms with Gasteiger partial charge in [-0.05, 0) is 43.5 Å². The summed E-state index contributed by atoms with van der Waals surface area (Å²) in [5, 5.41) is 3.20. The monoisotopic (exact) mass is 465 g/mol. The van der Waals surface area contributed by atoms with Crippen LogP contribution >= 0.6 is 11.3 Å². The highest BCUT2D eigenvalue weighted by Gasteiger charge is 2.25. The second-order valence-electron chi connectivity index (χ2n) is 7.42. The van der Waals surface area contributed by atoms with Crippen molar-refractivity contribution in [3.63, 3.8) is 0 Å². The van der Waals surface area contributed by atoms with Gasteiger partial charge in [0.2, 0.25) is 5.91 Å². The number of benzene rings is 2. The number of nitrogens with zero attached hydrogens (tertiary/aromatic N) is 2. The number of nitrogens with one attached hydrogen (secondary N) is 1. The van der Waals surface area contributed by atoms with Gasteiger partial charge in [-0.1, -0.05) is 42.5 Å². The van der Waals surface area contributed by atoms with Gasteiger partial charge in [0, 0.05) is 30.5 Å². The minimum atomic E-state index is -0.490. The molecule has 0 fully saturated rings. The van der Waals surface area contributed by atoms with Crippen LogP contribution in [0.4, 0.5) is 5.13 Å². The number of hydrogen-bond acceptors (Lipinski definition) is 6. The van der Waals surface area contributed by atoms with Crippen molar-refractivity contribution in [1.29, 1.82) is 0 Å². The Bertz CT molecular complexity index is 1110. The van der Waals surface area contributed by atoms with Crippen molar-refractivity contribution < 1.29 is 19.1 Å². The van der Waals surface area contributed by atoms with Crippen molar-refractivity contribution in [1.82, 2.24) is 10.3 Å². The predicted octanol–water partition coefficient (Wildman–Crippen LogP) is 4.15. The van der Waals surface area contributed by atoms with Gasteiger partial charge in [-0.3, -0.25) is 14.5 Å². The Hall–Kier alpha value is -3.52. The molecule has 0 aliphatic carbocycles. The maximum atomic E-state index is 13.5. The van der Waals surface area contributed by atoms with Gasteiger partial charge in [0.15, 0.2) is 10.8 Å². The molecule has 0 bridgehead atoms. The number of aryl methyl sites for hydroxylation is 1. The predicted molar refractivity (Wildman–Crippen MR) is 129 cm³/mol. The zero-order valence-corrected chi connectivity index (χ0v) is 19.8. The largest absolute Gasteiger partial charge is 0.461 e. The Morgan fingerprint density at radius 3 is 2.36 bits per heavy atom. The first kappa shape index (κ1) is 24.1. The van der Waals surface area contributed by atoms with Crippen molar-refractivity contribution in [2.75, 3.05) is 18.1 Å². The number of anilines is 1. The molecule has 0 saturated carbocycles. The highest BCUT2D eigenvalue weighted by molar-refractivity contribution is 7.16. The lowest BCUT2D eigenvalue weighted by Gasteiger charge is -2.20. The molecule has 0 aliphatic heterocycles. The summed E-state index contributed by atoms with van der Waals surface area (Å²) in [6, 6.07) is 17.0. The minimum absolute atomic E-state index is 0.112. The molecule has 1 aromatic heterocycles. The van der Waals surface area contributed by atoms with E-state index in [-0.39, 0.29) is 24.1 Å². The summed E-state index contributed by atoms with van der Waals surface area (Å²) in [6.07, 6.45) is 0.639. The number of carbonyl (C=O) groups is 3. The molecule has 0 aliphatic rings. The van der Waals surface area contributed by atoms with Crippen molar-refractivity contribution in [3.8, 4) is 0 Å². The summed E-state index contributed by atoms with van der Waals surface area (Å²) in [4.78, 5) is 43.6. The fraction of sp³-hybridized carbons (Fsp3) is 0.280. The highest BCUT2D eigenvalue weighted by atomic mass is 32.1. The fourth-order valence-corrected chi connectivity index (χ4v) is 4.12. The van der Waals surface area contributed by atoms with E-state index in [1.165, 1.54) is 18.3 Å². The lowest BCUT2D eigenvalue weighted by Crippen LogP contribution is -2.33. The van der Waals surface area contributed by atoms with E-state index in [0.717, 1.165) is 11.1 Å². The third-order valence-corrected chi connectivity index (χ3v) is 5.93. The first-order valence-corrected chi connectivity index (χ1v) is 11.5. The SMILES string of the molecule is CCOC(=O)c1nc(N(CCc2ccccc2)C(=O)c2ccc(CNC(C)=O)cc2)sc1C. The molecule has 0 saturated heterocycles. The Kier molecular flexibility index (Phi) is 8.32. The van der Waals surface area contributed by atoms with Crippen LogP contribution in [0.5, 0.6) is 0 Å². The van der Waals surface area contributed by atoms with Gasteiger partial charge >= 0.3 is 5.97 Å². The maximum absolute atomic E-state index is 13.5. The molecule has 0 radical (unpaired) electrons. The summed E-state index contributed by atoms with van der Waals surface area (Å²) in [5.41, 5.74) is 2.73. The lowest BCUT2D eigenvalue weighted by atomic mass is 10.1. The molecule has 2 amide bonds. The van der Waals surface area contributed by atoms with E-state index < -0.39 is 5.97 Å². The van der Waals surface area contributed by atoms with E-state index in [4.69, 9.17) is 4.74 Å². The van der Waals surface area contributed by atoms with Crippen molar-refractivity contribution in [2.24, 2.45) is 0 Å². The first-order chi connectivity index (χ1) is 15.9. The summed E-state index contributed by atoms with van der Waals surface area (Å²) in [5.74, 6) is -0.810. The number of aromatic nitrogens is 1. The molecule has 1 N–H and O–H groups in total. The molecule has 7 nitrogen and oxygen atoms in total. The van der Waals surface area contributed by atoms with Gasteiger partial charge in [-0.15, -0.1) is 11.3 Å². The highest BCUT2D eigenvalue weighted by Crippen LogP contribution is 2.28. The molecule has 0 atom stereocenters. The quantitative estimate of drug-likeness (QED) is 0.480. The van der Waals surface area contributed by atoms with Gasteiger partial charge < -0.3 is 10.1 Å². The third kappa shape index (κ3) is 6.49. The molecule has 3 rings (SSSR count).